The largest absolute Gasteiger partial charge is 0.505 e. The van der Waals surface area contributed by atoms with Crippen LogP contribution in [-0.4, -0.2) is 22.0 Å². The summed E-state index contributed by atoms with van der Waals surface area (Å²) in [4.78, 5) is 0. The third-order valence-electron chi connectivity index (χ3n) is 5.23. The van der Waals surface area contributed by atoms with Gasteiger partial charge in [0, 0.05) is 6.61 Å². The van der Waals surface area contributed by atoms with Gasteiger partial charge in [0.2, 0.25) is 0 Å². The minimum Gasteiger partial charge on any atom is -0.505 e. The van der Waals surface area contributed by atoms with Crippen molar-refractivity contribution in [1.82, 2.24) is 0 Å². The number of allylic oxidation sites excluding steroid dienone is 1. The number of hydrogen-bond acceptors (Lipinski definition) is 2. The van der Waals surface area contributed by atoms with Crippen LogP contribution in [0.4, 0.5) is 0 Å². The summed E-state index contributed by atoms with van der Waals surface area (Å²) in [5, 5.41) is 0.297. The highest BCUT2D eigenvalue weighted by Crippen LogP contribution is 2.39. The molecule has 0 aliphatic heterocycles. The van der Waals surface area contributed by atoms with Gasteiger partial charge in [0.15, 0.2) is 8.32 Å². The van der Waals surface area contributed by atoms with Crippen molar-refractivity contribution in [3.05, 3.63) is 12.3 Å². The van der Waals surface area contributed by atoms with Crippen molar-refractivity contribution in [2.75, 3.05) is 13.7 Å². The molecule has 3 atom stereocenters. The first-order valence-electron chi connectivity index (χ1n) is 8.01. The Balaban J connectivity index is 2.64. The molecule has 0 amide bonds. The summed E-state index contributed by atoms with van der Waals surface area (Å²) in [5.74, 6) is 2.10. The van der Waals surface area contributed by atoms with E-state index < -0.39 is 8.32 Å². The first-order chi connectivity index (χ1) is 9.17. The highest BCUT2D eigenvalue weighted by atomic mass is 28.4. The van der Waals surface area contributed by atoms with Crippen LogP contribution in [0.3, 0.4) is 0 Å². The van der Waals surface area contributed by atoms with E-state index in [1.807, 2.05) is 6.26 Å². The fourth-order valence-corrected chi connectivity index (χ4v) is 3.74. The number of ether oxygens (including phenoxy) is 1. The lowest BCUT2D eigenvalue weighted by atomic mass is 9.75. The Bertz CT molecular complexity index is 317. The van der Waals surface area contributed by atoms with Gasteiger partial charge in [-0.2, -0.15) is 0 Å². The molecule has 1 aliphatic carbocycles. The molecule has 20 heavy (non-hydrogen) atoms. The van der Waals surface area contributed by atoms with E-state index in [-0.39, 0.29) is 0 Å². The number of hydrogen-bond donors (Lipinski definition) is 0. The zero-order chi connectivity index (χ0) is 15.4. The van der Waals surface area contributed by atoms with Gasteiger partial charge in [-0.25, -0.2) is 0 Å². The Morgan fingerprint density at radius 1 is 1.20 bits per heavy atom. The van der Waals surface area contributed by atoms with Crippen molar-refractivity contribution in [2.24, 2.45) is 17.8 Å². The third kappa shape index (κ3) is 4.92. The van der Waals surface area contributed by atoms with Crippen LogP contribution in [0.15, 0.2) is 12.3 Å². The minimum absolute atomic E-state index is 0.297. The summed E-state index contributed by atoms with van der Waals surface area (Å²) in [6.45, 7) is 14.9. The van der Waals surface area contributed by atoms with Crippen LogP contribution < -0.4 is 0 Å². The second-order valence-electron chi connectivity index (χ2n) is 7.98. The predicted octanol–water partition coefficient (Wildman–Crippen LogP) is 5.22. The van der Waals surface area contributed by atoms with Gasteiger partial charge in [0.25, 0.3) is 0 Å². The van der Waals surface area contributed by atoms with E-state index >= 15 is 0 Å². The Kier molecular flexibility index (Phi) is 6.33. The van der Waals surface area contributed by atoms with E-state index in [0.717, 1.165) is 12.5 Å². The second kappa shape index (κ2) is 7.12. The standard InChI is InChI=1S/C17H34O2Si/c1-14-8-9-15(10-11-18-5)16(12-14)13-19-20(6,7)17(2,3)4/h10-11,14-16H,8-9,12-13H2,1-7H3/b11-10+/t14-,15+,16+/m1/s1. The molecule has 1 saturated carbocycles. The molecule has 118 valence electrons. The topological polar surface area (TPSA) is 18.5 Å². The summed E-state index contributed by atoms with van der Waals surface area (Å²) < 4.78 is 11.6. The van der Waals surface area contributed by atoms with Crippen molar-refractivity contribution in [2.45, 2.75) is 65.1 Å². The molecular weight excluding hydrogens is 264 g/mol. The van der Waals surface area contributed by atoms with Crippen LogP contribution >= 0.6 is 0 Å². The SMILES string of the molecule is CO/C=C/[C@@H]1CC[C@@H](C)C[C@H]1CO[Si](C)(C)C(C)(C)C. The molecule has 0 unspecified atom stereocenters. The summed E-state index contributed by atoms with van der Waals surface area (Å²) in [6, 6.07) is 0. The minimum atomic E-state index is -1.63. The molecule has 0 spiro atoms. The van der Waals surface area contributed by atoms with Crippen LogP contribution in [-0.2, 0) is 9.16 Å². The van der Waals surface area contributed by atoms with Crippen LogP contribution in [0, 0.1) is 17.8 Å². The molecule has 1 fully saturated rings. The smallest absolute Gasteiger partial charge is 0.191 e. The summed E-state index contributed by atoms with van der Waals surface area (Å²) >= 11 is 0. The zero-order valence-corrected chi connectivity index (χ0v) is 15.5. The van der Waals surface area contributed by atoms with Crippen LogP contribution in [0.5, 0.6) is 0 Å². The van der Waals surface area contributed by atoms with Gasteiger partial charge in [-0.3, -0.25) is 0 Å². The molecule has 0 aromatic carbocycles. The lowest BCUT2D eigenvalue weighted by molar-refractivity contribution is 0.135. The molecule has 0 bridgehead atoms. The van der Waals surface area contributed by atoms with E-state index in [1.165, 1.54) is 19.3 Å². The van der Waals surface area contributed by atoms with E-state index in [0.29, 0.717) is 16.9 Å². The van der Waals surface area contributed by atoms with E-state index in [2.05, 4.69) is 46.9 Å². The zero-order valence-electron chi connectivity index (χ0n) is 14.5. The number of methoxy groups -OCH3 is 1. The van der Waals surface area contributed by atoms with Crippen LogP contribution in [0.25, 0.3) is 0 Å². The molecular formula is C17H34O2Si. The fourth-order valence-electron chi connectivity index (χ4n) is 2.68. The van der Waals surface area contributed by atoms with Gasteiger partial charge < -0.3 is 9.16 Å². The van der Waals surface area contributed by atoms with Crippen LogP contribution in [0.2, 0.25) is 18.1 Å². The Morgan fingerprint density at radius 2 is 1.85 bits per heavy atom. The molecule has 0 aromatic heterocycles. The Labute approximate surface area is 127 Å². The number of rotatable bonds is 5. The summed E-state index contributed by atoms with van der Waals surface area (Å²) in [7, 11) is 0.0982. The van der Waals surface area contributed by atoms with E-state index in [1.54, 1.807) is 7.11 Å². The first-order valence-corrected chi connectivity index (χ1v) is 10.9. The van der Waals surface area contributed by atoms with Gasteiger partial charge in [-0.1, -0.05) is 34.1 Å². The Morgan fingerprint density at radius 3 is 2.40 bits per heavy atom. The average molecular weight is 299 g/mol. The van der Waals surface area contributed by atoms with Gasteiger partial charge in [-0.05, 0) is 54.8 Å². The van der Waals surface area contributed by atoms with Gasteiger partial charge in [-0.15, -0.1) is 0 Å². The first kappa shape index (κ1) is 17.8. The molecule has 0 radical (unpaired) electrons. The lowest BCUT2D eigenvalue weighted by Crippen LogP contribution is -2.43. The predicted molar refractivity (Wildman–Crippen MR) is 89.3 cm³/mol. The molecule has 1 rings (SSSR count). The molecule has 0 saturated heterocycles. The fraction of sp³-hybridized carbons (Fsp3) is 0.882. The maximum atomic E-state index is 6.46. The van der Waals surface area contributed by atoms with E-state index in [9.17, 15) is 0 Å². The maximum Gasteiger partial charge on any atom is 0.191 e. The monoisotopic (exact) mass is 298 g/mol. The molecule has 0 aromatic rings. The molecule has 3 heteroatoms. The van der Waals surface area contributed by atoms with Crippen molar-refractivity contribution in [3.8, 4) is 0 Å². The third-order valence-corrected chi connectivity index (χ3v) is 9.73. The Hall–Kier alpha value is -0.283. The van der Waals surface area contributed by atoms with Crippen molar-refractivity contribution in [1.29, 1.82) is 0 Å². The molecule has 1 aliphatic rings. The summed E-state index contributed by atoms with van der Waals surface area (Å²) in [6.07, 6.45) is 7.97. The normalized spacial score (nSPS) is 28.9. The lowest BCUT2D eigenvalue weighted by Gasteiger charge is -2.40. The van der Waals surface area contributed by atoms with Gasteiger partial charge >= 0.3 is 0 Å². The van der Waals surface area contributed by atoms with Crippen molar-refractivity contribution in [3.63, 3.8) is 0 Å². The quantitative estimate of drug-likeness (QED) is 0.511. The maximum absolute atomic E-state index is 6.46. The second-order valence-corrected chi connectivity index (χ2v) is 12.8. The van der Waals surface area contributed by atoms with Crippen LogP contribution in [0.1, 0.15) is 47.0 Å². The molecule has 0 heterocycles. The highest BCUT2D eigenvalue weighted by Gasteiger charge is 2.38. The summed E-state index contributed by atoms with van der Waals surface area (Å²) in [5.41, 5.74) is 0. The van der Waals surface area contributed by atoms with Gasteiger partial charge in [0.05, 0.1) is 13.4 Å². The molecule has 2 nitrogen and oxygen atoms in total. The van der Waals surface area contributed by atoms with E-state index in [4.69, 9.17) is 9.16 Å². The highest BCUT2D eigenvalue weighted by molar-refractivity contribution is 6.74. The van der Waals surface area contributed by atoms with Gasteiger partial charge in [0.1, 0.15) is 0 Å². The average Bonchev–Trinajstić information content (AvgIpc) is 2.34. The van der Waals surface area contributed by atoms with Crippen molar-refractivity contribution < 1.29 is 9.16 Å². The molecule has 0 N–H and O–H groups in total. The van der Waals surface area contributed by atoms with Crippen molar-refractivity contribution >= 4 is 8.32 Å².